The smallest absolute Gasteiger partial charge is 0.340 e. The molecular weight excluding hydrogens is 337 g/mol. The van der Waals surface area contributed by atoms with Gasteiger partial charge in [0.1, 0.15) is 18.1 Å². The number of nitrogens with zero attached hydrogens (tertiary/aromatic N) is 1. The molecule has 6 heteroatoms. The lowest BCUT2D eigenvalue weighted by atomic mass is 10.2. The van der Waals surface area contributed by atoms with E-state index in [1.54, 1.807) is 48.7 Å². The van der Waals surface area contributed by atoms with Gasteiger partial charge in [0.25, 0.3) is 0 Å². The first-order valence-corrected chi connectivity index (χ1v) is 7.51. The number of hydrogen-bond donors (Lipinski definition) is 0. The van der Waals surface area contributed by atoms with E-state index < -0.39 is 5.97 Å². The summed E-state index contributed by atoms with van der Waals surface area (Å²) in [6, 6.07) is 12.1. The summed E-state index contributed by atoms with van der Waals surface area (Å²) in [6.45, 7) is 0.0198. The van der Waals surface area contributed by atoms with E-state index in [9.17, 15) is 4.79 Å². The number of aromatic nitrogens is 1. The SMILES string of the molecule is O=C(OCc1ccc(-c2cccc(Cl)c2Cl)o1)c1cccnc1. The number of halogens is 2. The molecule has 23 heavy (non-hydrogen) atoms. The van der Waals surface area contributed by atoms with Gasteiger partial charge in [-0.25, -0.2) is 4.79 Å². The van der Waals surface area contributed by atoms with Gasteiger partial charge in [-0.3, -0.25) is 4.98 Å². The molecule has 0 spiro atoms. The van der Waals surface area contributed by atoms with Crippen molar-refractivity contribution in [1.29, 1.82) is 0 Å². The van der Waals surface area contributed by atoms with Crippen molar-refractivity contribution in [2.24, 2.45) is 0 Å². The van der Waals surface area contributed by atoms with Crippen LogP contribution in [0.5, 0.6) is 0 Å². The Morgan fingerprint density at radius 3 is 2.78 bits per heavy atom. The van der Waals surface area contributed by atoms with Crippen molar-refractivity contribution in [2.75, 3.05) is 0 Å². The molecule has 1 aromatic carbocycles. The third kappa shape index (κ3) is 3.55. The van der Waals surface area contributed by atoms with Crippen LogP contribution in [0.1, 0.15) is 16.1 Å². The minimum atomic E-state index is -0.461. The Morgan fingerprint density at radius 1 is 1.13 bits per heavy atom. The highest BCUT2D eigenvalue weighted by atomic mass is 35.5. The molecule has 0 aliphatic rings. The molecule has 0 radical (unpaired) electrons. The molecule has 0 amide bonds. The summed E-state index contributed by atoms with van der Waals surface area (Å²) in [5.74, 6) is 0.607. The quantitative estimate of drug-likeness (QED) is 0.622. The summed E-state index contributed by atoms with van der Waals surface area (Å²) >= 11 is 12.2. The van der Waals surface area contributed by atoms with Crippen LogP contribution in [0.2, 0.25) is 10.0 Å². The largest absolute Gasteiger partial charge is 0.457 e. The van der Waals surface area contributed by atoms with Gasteiger partial charge in [0, 0.05) is 18.0 Å². The molecule has 3 rings (SSSR count). The Morgan fingerprint density at radius 2 is 2.00 bits per heavy atom. The van der Waals surface area contributed by atoms with Crippen molar-refractivity contribution in [3.8, 4) is 11.3 Å². The second-order valence-electron chi connectivity index (χ2n) is 4.69. The van der Waals surface area contributed by atoms with E-state index in [1.165, 1.54) is 6.20 Å². The van der Waals surface area contributed by atoms with Gasteiger partial charge < -0.3 is 9.15 Å². The van der Waals surface area contributed by atoms with Gasteiger partial charge in [-0.1, -0.05) is 29.3 Å². The van der Waals surface area contributed by atoms with Crippen molar-refractivity contribution in [3.05, 3.63) is 76.2 Å². The van der Waals surface area contributed by atoms with Crippen molar-refractivity contribution in [2.45, 2.75) is 6.61 Å². The first-order chi connectivity index (χ1) is 11.1. The standard InChI is InChI=1S/C17H11Cl2NO3/c18-14-5-1-4-13(16(14)19)15-7-6-12(23-15)10-22-17(21)11-3-2-8-20-9-11/h1-9H,10H2. The molecule has 0 unspecified atom stereocenters. The molecule has 0 saturated heterocycles. The van der Waals surface area contributed by atoms with Crippen LogP contribution in [-0.2, 0) is 11.3 Å². The Balaban J connectivity index is 1.71. The molecule has 3 aromatic rings. The third-order valence-electron chi connectivity index (χ3n) is 3.12. The lowest BCUT2D eigenvalue weighted by molar-refractivity contribution is 0.0446. The van der Waals surface area contributed by atoms with Crippen molar-refractivity contribution in [1.82, 2.24) is 4.98 Å². The van der Waals surface area contributed by atoms with E-state index in [-0.39, 0.29) is 6.61 Å². The van der Waals surface area contributed by atoms with Crippen LogP contribution in [0.4, 0.5) is 0 Å². The molecule has 0 N–H and O–H groups in total. The predicted molar refractivity (Wildman–Crippen MR) is 87.5 cm³/mol. The Hall–Kier alpha value is -2.30. The molecule has 2 heterocycles. The highest BCUT2D eigenvalue weighted by Gasteiger charge is 2.13. The summed E-state index contributed by atoms with van der Waals surface area (Å²) in [6.07, 6.45) is 3.03. The Kier molecular flexibility index (Phi) is 4.65. The Labute approximate surface area is 142 Å². The average Bonchev–Trinajstić information content (AvgIpc) is 3.04. The van der Waals surface area contributed by atoms with Crippen LogP contribution in [0, 0.1) is 0 Å². The van der Waals surface area contributed by atoms with Gasteiger partial charge in [-0.2, -0.15) is 0 Å². The van der Waals surface area contributed by atoms with Gasteiger partial charge in [0.05, 0.1) is 15.6 Å². The monoisotopic (exact) mass is 347 g/mol. The van der Waals surface area contributed by atoms with Crippen LogP contribution in [0.15, 0.2) is 59.3 Å². The van der Waals surface area contributed by atoms with E-state index in [0.717, 1.165) is 0 Å². The number of ether oxygens (including phenoxy) is 1. The van der Waals surface area contributed by atoms with E-state index >= 15 is 0 Å². The predicted octanol–water partition coefficient (Wildman–Crippen LogP) is 5.01. The molecule has 0 aliphatic carbocycles. The fourth-order valence-electron chi connectivity index (χ4n) is 2.00. The maximum Gasteiger partial charge on any atom is 0.340 e. The molecule has 0 atom stereocenters. The fraction of sp³-hybridized carbons (Fsp3) is 0.0588. The first kappa shape index (κ1) is 15.6. The zero-order chi connectivity index (χ0) is 16.2. The van der Waals surface area contributed by atoms with Crippen molar-refractivity contribution < 1.29 is 13.9 Å². The van der Waals surface area contributed by atoms with Crippen LogP contribution in [-0.4, -0.2) is 11.0 Å². The second kappa shape index (κ2) is 6.86. The molecule has 0 saturated carbocycles. The molecule has 116 valence electrons. The van der Waals surface area contributed by atoms with Crippen molar-refractivity contribution in [3.63, 3.8) is 0 Å². The van der Waals surface area contributed by atoms with E-state index in [0.29, 0.717) is 32.7 Å². The normalized spacial score (nSPS) is 10.5. The van der Waals surface area contributed by atoms with Crippen LogP contribution in [0.3, 0.4) is 0 Å². The summed E-state index contributed by atoms with van der Waals surface area (Å²) < 4.78 is 10.8. The number of benzene rings is 1. The number of carbonyl (C=O) groups excluding carboxylic acids is 1. The molecule has 2 aromatic heterocycles. The zero-order valence-electron chi connectivity index (χ0n) is 11.8. The fourth-order valence-corrected chi connectivity index (χ4v) is 2.39. The van der Waals surface area contributed by atoms with E-state index in [2.05, 4.69) is 4.98 Å². The maximum atomic E-state index is 11.9. The summed E-state index contributed by atoms with van der Waals surface area (Å²) in [5.41, 5.74) is 1.07. The lowest BCUT2D eigenvalue weighted by Crippen LogP contribution is -2.04. The van der Waals surface area contributed by atoms with E-state index in [1.807, 2.05) is 0 Å². The minimum absolute atomic E-state index is 0.0198. The van der Waals surface area contributed by atoms with Gasteiger partial charge in [-0.15, -0.1) is 0 Å². The molecular formula is C17H11Cl2NO3. The van der Waals surface area contributed by atoms with Crippen LogP contribution in [0.25, 0.3) is 11.3 Å². The summed E-state index contributed by atoms with van der Waals surface area (Å²) in [7, 11) is 0. The highest BCUT2D eigenvalue weighted by Crippen LogP contribution is 2.34. The van der Waals surface area contributed by atoms with Gasteiger partial charge in [0.2, 0.25) is 0 Å². The second-order valence-corrected chi connectivity index (χ2v) is 5.47. The van der Waals surface area contributed by atoms with Crippen molar-refractivity contribution >= 4 is 29.2 Å². The van der Waals surface area contributed by atoms with Gasteiger partial charge >= 0.3 is 5.97 Å². The number of furan rings is 1. The van der Waals surface area contributed by atoms with E-state index in [4.69, 9.17) is 32.4 Å². The van der Waals surface area contributed by atoms with Gasteiger partial charge in [0.15, 0.2) is 0 Å². The molecule has 0 aliphatic heterocycles. The Bertz CT molecular complexity index is 831. The molecule has 0 bridgehead atoms. The van der Waals surface area contributed by atoms with Gasteiger partial charge in [-0.05, 0) is 36.4 Å². The summed E-state index contributed by atoms with van der Waals surface area (Å²) in [5, 5.41) is 0.868. The maximum absolute atomic E-state index is 11.9. The third-order valence-corrected chi connectivity index (χ3v) is 3.94. The number of esters is 1. The zero-order valence-corrected chi connectivity index (χ0v) is 13.3. The number of pyridine rings is 1. The topological polar surface area (TPSA) is 52.3 Å². The molecule has 0 fully saturated rings. The number of carbonyl (C=O) groups is 1. The minimum Gasteiger partial charge on any atom is -0.457 e. The number of hydrogen-bond acceptors (Lipinski definition) is 4. The highest BCUT2D eigenvalue weighted by molar-refractivity contribution is 6.43. The average molecular weight is 348 g/mol. The summed E-state index contributed by atoms with van der Waals surface area (Å²) in [4.78, 5) is 15.7. The lowest BCUT2D eigenvalue weighted by Gasteiger charge is -2.04. The molecule has 4 nitrogen and oxygen atoms in total. The van der Waals surface area contributed by atoms with Crippen LogP contribution < -0.4 is 0 Å². The first-order valence-electron chi connectivity index (χ1n) is 6.75. The van der Waals surface area contributed by atoms with Crippen LogP contribution >= 0.6 is 23.2 Å². The number of rotatable bonds is 4.